The molecule has 0 spiro atoms. The molecule has 0 heterocycles. The third-order valence-electron chi connectivity index (χ3n) is 2.73. The minimum absolute atomic E-state index is 0.173. The molecule has 0 saturated carbocycles. The molecule has 18 heavy (non-hydrogen) atoms. The molecule has 3 N–H and O–H groups in total. The Morgan fingerprint density at radius 1 is 1.33 bits per heavy atom. The van der Waals surface area contributed by atoms with Crippen LogP contribution in [-0.2, 0) is 0 Å². The van der Waals surface area contributed by atoms with Crippen LogP contribution in [0.5, 0.6) is 5.75 Å². The average molecular weight is 247 g/mol. The van der Waals surface area contributed by atoms with Gasteiger partial charge in [-0.15, -0.1) is 0 Å². The Bertz CT molecular complexity index is 476. The third kappa shape index (κ3) is 3.06. The first kappa shape index (κ1) is 14.2. The van der Waals surface area contributed by atoms with Gasteiger partial charge in [0.15, 0.2) is 0 Å². The zero-order valence-corrected chi connectivity index (χ0v) is 11.2. The quantitative estimate of drug-likeness (QED) is 0.697. The van der Waals surface area contributed by atoms with Crippen LogP contribution < -0.4 is 5.32 Å². The van der Waals surface area contributed by atoms with Gasteiger partial charge in [0.1, 0.15) is 11.5 Å². The summed E-state index contributed by atoms with van der Waals surface area (Å²) in [4.78, 5) is 0. The molecule has 0 atom stereocenters. The maximum atomic E-state index is 9.96. The van der Waals surface area contributed by atoms with E-state index in [9.17, 15) is 10.2 Å². The molecule has 0 aliphatic rings. The van der Waals surface area contributed by atoms with E-state index < -0.39 is 0 Å². The molecule has 0 aromatic heterocycles. The van der Waals surface area contributed by atoms with Crippen molar-refractivity contribution >= 4 is 11.5 Å². The number of allylic oxidation sites excluding steroid dienone is 1. The number of phenols is 1. The van der Waals surface area contributed by atoms with Gasteiger partial charge in [0.25, 0.3) is 0 Å². The Morgan fingerprint density at radius 3 is 2.56 bits per heavy atom. The predicted molar refractivity (Wildman–Crippen MR) is 76.5 cm³/mol. The van der Waals surface area contributed by atoms with Gasteiger partial charge in [0.2, 0.25) is 0 Å². The van der Waals surface area contributed by atoms with E-state index in [1.54, 1.807) is 18.2 Å². The maximum absolute atomic E-state index is 9.96. The van der Waals surface area contributed by atoms with E-state index in [1.807, 2.05) is 20.8 Å². The number of aliphatic hydroxyl groups excluding tert-OH is 1. The van der Waals surface area contributed by atoms with Gasteiger partial charge in [0.05, 0.1) is 0 Å². The predicted octanol–water partition coefficient (Wildman–Crippen LogP) is 3.59. The highest BCUT2D eigenvalue weighted by molar-refractivity contribution is 5.73. The second-order valence-electron chi connectivity index (χ2n) is 4.19. The lowest BCUT2D eigenvalue weighted by atomic mass is 10.0. The Labute approximate surface area is 108 Å². The summed E-state index contributed by atoms with van der Waals surface area (Å²) < 4.78 is 0. The highest BCUT2D eigenvalue weighted by Gasteiger charge is 2.11. The van der Waals surface area contributed by atoms with Gasteiger partial charge < -0.3 is 15.5 Å². The molecular formula is C15H21NO2. The summed E-state index contributed by atoms with van der Waals surface area (Å²) in [5.74, 6) is 0.409. The Kier molecular flexibility index (Phi) is 4.84. The van der Waals surface area contributed by atoms with Crippen LogP contribution in [0.1, 0.15) is 37.0 Å². The Morgan fingerprint density at radius 2 is 2.00 bits per heavy atom. The second-order valence-corrected chi connectivity index (χ2v) is 4.19. The van der Waals surface area contributed by atoms with Crippen LogP contribution in [0.3, 0.4) is 0 Å². The summed E-state index contributed by atoms with van der Waals surface area (Å²) in [5, 5.41) is 22.9. The van der Waals surface area contributed by atoms with Crippen molar-refractivity contribution in [2.75, 3.05) is 6.54 Å². The summed E-state index contributed by atoms with van der Waals surface area (Å²) >= 11 is 0. The number of aryl methyl sites for hydroxylation is 1. The van der Waals surface area contributed by atoms with Crippen LogP contribution in [0.15, 0.2) is 24.8 Å². The SMILES string of the molecule is C=C(NCC)c1cc(/C(O)=C/CC)c(C)cc1O. The fraction of sp³-hybridized carbons (Fsp3) is 0.333. The lowest BCUT2D eigenvalue weighted by Gasteiger charge is -2.13. The third-order valence-corrected chi connectivity index (χ3v) is 2.73. The molecule has 0 bridgehead atoms. The zero-order valence-electron chi connectivity index (χ0n) is 11.2. The molecule has 0 unspecified atom stereocenters. The van der Waals surface area contributed by atoms with Crippen molar-refractivity contribution in [2.45, 2.75) is 27.2 Å². The van der Waals surface area contributed by atoms with Crippen molar-refractivity contribution in [1.82, 2.24) is 5.32 Å². The van der Waals surface area contributed by atoms with Gasteiger partial charge in [0, 0.05) is 23.4 Å². The van der Waals surface area contributed by atoms with E-state index in [0.717, 1.165) is 24.1 Å². The Hall–Kier alpha value is -1.90. The van der Waals surface area contributed by atoms with Crippen molar-refractivity contribution in [1.29, 1.82) is 0 Å². The largest absolute Gasteiger partial charge is 0.508 e. The number of hydrogen-bond donors (Lipinski definition) is 3. The minimum atomic E-state index is 0.173. The second kappa shape index (κ2) is 6.15. The number of benzene rings is 1. The standard InChI is InChI=1S/C15H21NO2/c1-5-7-14(17)12-9-13(11(4)16-6-2)15(18)8-10(12)3/h7-9,16-18H,4-6H2,1-3H3/b14-7-. The van der Waals surface area contributed by atoms with E-state index in [-0.39, 0.29) is 11.5 Å². The summed E-state index contributed by atoms with van der Waals surface area (Å²) in [6.07, 6.45) is 2.51. The van der Waals surface area contributed by atoms with E-state index in [1.165, 1.54) is 0 Å². The molecule has 1 rings (SSSR count). The molecule has 0 fully saturated rings. The van der Waals surface area contributed by atoms with Crippen molar-refractivity contribution in [3.63, 3.8) is 0 Å². The molecule has 0 aliphatic heterocycles. The van der Waals surface area contributed by atoms with Crippen molar-refractivity contribution in [2.24, 2.45) is 0 Å². The average Bonchev–Trinajstić information content (AvgIpc) is 2.29. The van der Waals surface area contributed by atoms with Crippen LogP contribution in [-0.4, -0.2) is 16.8 Å². The molecular weight excluding hydrogens is 226 g/mol. The molecule has 3 nitrogen and oxygen atoms in total. The summed E-state index contributed by atoms with van der Waals surface area (Å²) in [7, 11) is 0. The summed E-state index contributed by atoms with van der Waals surface area (Å²) in [6.45, 7) is 10.4. The number of aromatic hydroxyl groups is 1. The highest BCUT2D eigenvalue weighted by Crippen LogP contribution is 2.29. The van der Waals surface area contributed by atoms with Gasteiger partial charge in [-0.1, -0.05) is 13.5 Å². The molecule has 98 valence electrons. The van der Waals surface area contributed by atoms with Crippen molar-refractivity contribution in [3.8, 4) is 5.75 Å². The van der Waals surface area contributed by atoms with Crippen molar-refractivity contribution in [3.05, 3.63) is 41.5 Å². The van der Waals surface area contributed by atoms with Gasteiger partial charge in [-0.2, -0.15) is 0 Å². The first-order valence-corrected chi connectivity index (χ1v) is 6.17. The summed E-state index contributed by atoms with van der Waals surface area (Å²) in [6, 6.07) is 3.41. The number of phenolic OH excluding ortho intramolecular Hbond substituents is 1. The van der Waals surface area contributed by atoms with Gasteiger partial charge in [-0.05, 0) is 44.0 Å². The fourth-order valence-electron chi connectivity index (χ4n) is 1.82. The summed E-state index contributed by atoms with van der Waals surface area (Å²) in [5.41, 5.74) is 2.83. The van der Waals surface area contributed by atoms with Gasteiger partial charge in [-0.25, -0.2) is 0 Å². The topological polar surface area (TPSA) is 52.5 Å². The zero-order chi connectivity index (χ0) is 13.7. The first-order valence-electron chi connectivity index (χ1n) is 6.17. The number of nitrogens with one attached hydrogen (secondary N) is 1. The minimum Gasteiger partial charge on any atom is -0.508 e. The van der Waals surface area contributed by atoms with Crippen LogP contribution >= 0.6 is 0 Å². The molecule has 0 radical (unpaired) electrons. The lowest BCUT2D eigenvalue weighted by molar-refractivity contribution is 0.472. The van der Waals surface area contributed by atoms with E-state index >= 15 is 0 Å². The van der Waals surface area contributed by atoms with E-state index in [4.69, 9.17) is 0 Å². The Balaban J connectivity index is 3.26. The first-order chi connectivity index (χ1) is 8.51. The number of hydrogen-bond acceptors (Lipinski definition) is 3. The molecule has 3 heteroatoms. The van der Waals surface area contributed by atoms with Gasteiger partial charge >= 0.3 is 0 Å². The highest BCUT2D eigenvalue weighted by atomic mass is 16.3. The monoisotopic (exact) mass is 247 g/mol. The molecule has 1 aromatic rings. The van der Waals surface area contributed by atoms with Crippen LogP contribution in [0.2, 0.25) is 0 Å². The van der Waals surface area contributed by atoms with E-state index in [0.29, 0.717) is 11.3 Å². The van der Waals surface area contributed by atoms with Crippen molar-refractivity contribution < 1.29 is 10.2 Å². The molecule has 1 aromatic carbocycles. The van der Waals surface area contributed by atoms with Crippen LogP contribution in [0.4, 0.5) is 0 Å². The van der Waals surface area contributed by atoms with Gasteiger partial charge in [-0.3, -0.25) is 0 Å². The number of rotatable bonds is 5. The number of aliphatic hydroxyl groups is 1. The fourth-order valence-corrected chi connectivity index (χ4v) is 1.82. The molecule has 0 saturated heterocycles. The lowest BCUT2D eigenvalue weighted by Crippen LogP contribution is -2.10. The molecule has 0 amide bonds. The smallest absolute Gasteiger partial charge is 0.125 e. The maximum Gasteiger partial charge on any atom is 0.125 e. The van der Waals surface area contributed by atoms with Crippen LogP contribution in [0, 0.1) is 6.92 Å². The van der Waals surface area contributed by atoms with Crippen LogP contribution in [0.25, 0.3) is 11.5 Å². The molecule has 0 aliphatic carbocycles. The normalized spacial score (nSPS) is 11.4. The van der Waals surface area contributed by atoms with E-state index in [2.05, 4.69) is 11.9 Å².